The summed E-state index contributed by atoms with van der Waals surface area (Å²) in [6.07, 6.45) is 0.802. The Hall–Kier alpha value is -2.92. The van der Waals surface area contributed by atoms with E-state index < -0.39 is 27.2 Å². The third-order valence-electron chi connectivity index (χ3n) is 3.11. The fourth-order valence-electron chi connectivity index (χ4n) is 1.95. The minimum absolute atomic E-state index is 0.0498. The Morgan fingerprint density at radius 2 is 1.96 bits per heavy atom. The molecular weight excluding hydrogens is 371 g/mol. The number of sulfone groups is 1. The van der Waals surface area contributed by atoms with E-state index in [1.165, 1.54) is 11.4 Å². The van der Waals surface area contributed by atoms with Gasteiger partial charge in [0.15, 0.2) is 0 Å². The van der Waals surface area contributed by atoms with Gasteiger partial charge in [-0.25, -0.2) is 12.8 Å². The molecule has 25 heavy (non-hydrogen) atoms. The van der Waals surface area contributed by atoms with E-state index in [1.54, 1.807) is 0 Å². The molecule has 128 valence electrons. The molecule has 0 aliphatic rings. The molecule has 0 bridgehead atoms. The van der Waals surface area contributed by atoms with Crippen LogP contribution < -0.4 is 0 Å². The number of hydrogen-bond donors (Lipinski definition) is 2. The van der Waals surface area contributed by atoms with E-state index in [1.807, 2.05) is 0 Å². The van der Waals surface area contributed by atoms with Crippen molar-refractivity contribution in [3.63, 3.8) is 0 Å². The molecule has 0 radical (unpaired) electrons. The van der Waals surface area contributed by atoms with Crippen molar-refractivity contribution in [2.75, 3.05) is 0 Å². The third kappa shape index (κ3) is 3.32. The van der Waals surface area contributed by atoms with Crippen LogP contribution in [-0.4, -0.2) is 39.9 Å². The zero-order valence-corrected chi connectivity index (χ0v) is 13.9. The van der Waals surface area contributed by atoms with Crippen molar-refractivity contribution in [3.8, 4) is 0 Å². The molecular formula is C14H9FN4O4S2. The van der Waals surface area contributed by atoms with Gasteiger partial charge in [-0.05, 0) is 40.9 Å². The van der Waals surface area contributed by atoms with E-state index in [0.29, 0.717) is 0 Å². The lowest BCUT2D eigenvalue weighted by atomic mass is 10.2. The number of nitrogens with one attached hydrogen (secondary N) is 1. The summed E-state index contributed by atoms with van der Waals surface area (Å²) >= 11 is 0.865. The second-order valence-corrected chi connectivity index (χ2v) is 7.77. The van der Waals surface area contributed by atoms with Crippen molar-refractivity contribution in [3.05, 3.63) is 59.0 Å². The highest BCUT2D eigenvalue weighted by molar-refractivity contribution is 7.93. The number of H-pyrrole nitrogens is 1. The Kier molecular flexibility index (Phi) is 4.42. The van der Waals surface area contributed by atoms with Crippen LogP contribution >= 0.6 is 11.3 Å². The van der Waals surface area contributed by atoms with Crippen LogP contribution in [0.1, 0.15) is 16.2 Å². The molecule has 0 spiro atoms. The molecule has 2 heterocycles. The second kappa shape index (κ2) is 6.53. The molecule has 3 aromatic rings. The van der Waals surface area contributed by atoms with Crippen LogP contribution in [0, 0.1) is 5.82 Å². The number of carbonyl (C=O) groups excluding carboxylic acids is 1. The number of nitrogens with zero attached hydrogens (tertiary/aromatic N) is 3. The van der Waals surface area contributed by atoms with Crippen LogP contribution in [0.15, 0.2) is 50.9 Å². The molecule has 0 aliphatic carbocycles. The van der Waals surface area contributed by atoms with Crippen LogP contribution in [0.2, 0.25) is 0 Å². The van der Waals surface area contributed by atoms with Crippen molar-refractivity contribution in [1.29, 1.82) is 0 Å². The molecule has 1 aromatic carbocycles. The van der Waals surface area contributed by atoms with Crippen LogP contribution in [0.3, 0.4) is 0 Å². The summed E-state index contributed by atoms with van der Waals surface area (Å²) < 4.78 is 38.2. The van der Waals surface area contributed by atoms with Crippen LogP contribution in [0.4, 0.5) is 4.39 Å². The number of aliphatic hydroxyl groups is 1. The molecule has 0 amide bonds. The number of aromatic amines is 1. The lowest BCUT2D eigenvalue weighted by Crippen LogP contribution is -2.04. The van der Waals surface area contributed by atoms with Crippen molar-refractivity contribution in [2.45, 2.75) is 9.10 Å². The smallest absolute Gasteiger partial charge is 0.244 e. The summed E-state index contributed by atoms with van der Waals surface area (Å²) in [5.74, 6) is -2.15. The highest BCUT2D eigenvalue weighted by Gasteiger charge is 2.25. The molecule has 0 saturated heterocycles. The van der Waals surface area contributed by atoms with Gasteiger partial charge in [0.05, 0.1) is 4.90 Å². The van der Waals surface area contributed by atoms with Gasteiger partial charge in [-0.3, -0.25) is 4.79 Å². The number of aromatic nitrogens is 4. The SMILES string of the molecule is O=C(C=C(O)c1ccsc1S(=O)(=O)c1ccc(F)cc1)c1nn[nH]n1. The van der Waals surface area contributed by atoms with Gasteiger partial charge in [-0.2, -0.15) is 5.21 Å². The Balaban J connectivity index is 2.00. The molecule has 8 nitrogen and oxygen atoms in total. The number of rotatable bonds is 5. The molecule has 11 heteroatoms. The summed E-state index contributed by atoms with van der Waals surface area (Å²) in [5, 5.41) is 23.9. The van der Waals surface area contributed by atoms with Crippen LogP contribution in [0.5, 0.6) is 0 Å². The largest absolute Gasteiger partial charge is 0.507 e. The van der Waals surface area contributed by atoms with E-state index in [0.717, 1.165) is 41.7 Å². The maximum atomic E-state index is 13.0. The van der Waals surface area contributed by atoms with Gasteiger partial charge in [0.1, 0.15) is 15.8 Å². The van der Waals surface area contributed by atoms with Gasteiger partial charge in [0.2, 0.25) is 21.4 Å². The highest BCUT2D eigenvalue weighted by atomic mass is 32.2. The fourth-order valence-corrected chi connectivity index (χ4v) is 4.71. The van der Waals surface area contributed by atoms with Gasteiger partial charge < -0.3 is 5.11 Å². The second-order valence-electron chi connectivity index (χ2n) is 4.71. The Morgan fingerprint density at radius 1 is 1.24 bits per heavy atom. The first-order valence-corrected chi connectivity index (χ1v) is 9.03. The number of tetrazole rings is 1. The molecule has 2 aromatic heterocycles. The van der Waals surface area contributed by atoms with Gasteiger partial charge in [-0.15, -0.1) is 21.5 Å². The van der Waals surface area contributed by atoms with Gasteiger partial charge >= 0.3 is 0 Å². The maximum absolute atomic E-state index is 13.0. The summed E-state index contributed by atoms with van der Waals surface area (Å²) in [7, 11) is -3.99. The number of carbonyl (C=O) groups is 1. The predicted octanol–water partition coefficient (Wildman–Crippen LogP) is 2.01. The van der Waals surface area contributed by atoms with Crippen LogP contribution in [-0.2, 0) is 9.84 Å². The third-order valence-corrected chi connectivity index (χ3v) is 6.36. The number of halogens is 1. The molecule has 2 N–H and O–H groups in total. The summed E-state index contributed by atoms with van der Waals surface area (Å²) in [6.45, 7) is 0. The van der Waals surface area contributed by atoms with Crippen molar-refractivity contribution in [1.82, 2.24) is 20.6 Å². The Morgan fingerprint density at radius 3 is 2.60 bits per heavy atom. The number of allylic oxidation sites excluding steroid dienone is 1. The van der Waals surface area contributed by atoms with Crippen molar-refractivity contribution in [2.24, 2.45) is 0 Å². The predicted molar refractivity (Wildman–Crippen MR) is 85.3 cm³/mol. The minimum atomic E-state index is -3.99. The van der Waals surface area contributed by atoms with E-state index in [9.17, 15) is 22.7 Å². The minimum Gasteiger partial charge on any atom is -0.507 e. The standard InChI is InChI=1S/C14H9FN4O4S2/c15-8-1-3-9(4-2-8)25(22,23)14-10(5-6-24-14)11(20)7-12(21)13-16-18-19-17-13/h1-7,20H,(H,16,17,18,19). The maximum Gasteiger partial charge on any atom is 0.244 e. The topological polar surface area (TPSA) is 126 Å². The number of thiophene rings is 1. The van der Waals surface area contributed by atoms with Gasteiger partial charge in [0, 0.05) is 11.6 Å². The summed E-state index contributed by atoms with van der Waals surface area (Å²) in [6, 6.07) is 5.65. The van der Waals surface area contributed by atoms with Crippen molar-refractivity contribution >= 4 is 32.7 Å². The first-order valence-electron chi connectivity index (χ1n) is 6.66. The molecule has 0 saturated carbocycles. The molecule has 0 fully saturated rings. The van der Waals surface area contributed by atoms with E-state index in [2.05, 4.69) is 20.6 Å². The van der Waals surface area contributed by atoms with E-state index in [4.69, 9.17) is 0 Å². The Bertz CT molecular complexity index is 1040. The molecule has 3 rings (SSSR count). The van der Waals surface area contributed by atoms with Gasteiger partial charge in [0.25, 0.3) is 0 Å². The summed E-state index contributed by atoms with van der Waals surface area (Å²) in [4.78, 5) is 11.7. The van der Waals surface area contributed by atoms with Crippen LogP contribution in [0.25, 0.3) is 5.76 Å². The lowest BCUT2D eigenvalue weighted by Gasteiger charge is -2.05. The number of aliphatic hydroxyl groups excluding tert-OH is 1. The Labute approximate surface area is 144 Å². The fraction of sp³-hybridized carbons (Fsp3) is 0. The quantitative estimate of drug-likeness (QED) is 0.300. The number of ketones is 1. The van der Waals surface area contributed by atoms with Gasteiger partial charge in [-0.1, -0.05) is 0 Å². The number of benzene rings is 1. The first kappa shape index (κ1) is 16.9. The number of hydrogen-bond acceptors (Lipinski definition) is 8. The van der Waals surface area contributed by atoms with Crippen molar-refractivity contribution < 1.29 is 22.7 Å². The molecule has 0 aliphatic heterocycles. The average molecular weight is 380 g/mol. The highest BCUT2D eigenvalue weighted by Crippen LogP contribution is 2.32. The normalized spacial score (nSPS) is 12.3. The molecule has 0 atom stereocenters. The van der Waals surface area contributed by atoms with E-state index in [-0.39, 0.29) is 20.5 Å². The monoisotopic (exact) mass is 380 g/mol. The zero-order valence-electron chi connectivity index (χ0n) is 12.2. The van der Waals surface area contributed by atoms with E-state index >= 15 is 0 Å². The first-order chi connectivity index (χ1) is 11.9. The molecule has 0 unspecified atom stereocenters. The average Bonchev–Trinajstić information content (AvgIpc) is 3.27. The zero-order chi connectivity index (χ0) is 18.0. The lowest BCUT2D eigenvalue weighted by molar-refractivity contribution is 0.103. The summed E-state index contributed by atoms with van der Waals surface area (Å²) in [5.41, 5.74) is -0.0498.